The van der Waals surface area contributed by atoms with Gasteiger partial charge in [-0.2, -0.15) is 4.31 Å². The number of fused-ring (bicyclic) bond motifs is 5. The van der Waals surface area contributed by atoms with Crippen LogP contribution >= 0.6 is 0 Å². The number of nitrogens with zero attached hydrogens (tertiary/aromatic N) is 5. The Kier molecular flexibility index (Phi) is 6.38. The quantitative estimate of drug-likeness (QED) is 0.596. The van der Waals surface area contributed by atoms with Crippen molar-refractivity contribution >= 4 is 32.9 Å². The monoisotopic (exact) mass is 491 g/mol. The minimum atomic E-state index is -3.38. The van der Waals surface area contributed by atoms with Crippen LogP contribution in [0.4, 0.5) is 10.6 Å². The number of aryl methyl sites for hydroxylation is 2. The molecule has 1 saturated heterocycles. The molecule has 11 nitrogen and oxygen atoms in total. The Hall–Kier alpha value is -2.44. The van der Waals surface area contributed by atoms with Crippen molar-refractivity contribution in [3.05, 3.63) is 17.1 Å². The summed E-state index contributed by atoms with van der Waals surface area (Å²) < 4.78 is 33.9. The summed E-state index contributed by atoms with van der Waals surface area (Å²) in [6.07, 6.45) is 6.71. The zero-order valence-electron chi connectivity index (χ0n) is 19.6. The third kappa shape index (κ3) is 4.46. The van der Waals surface area contributed by atoms with Gasteiger partial charge >= 0.3 is 6.03 Å². The summed E-state index contributed by atoms with van der Waals surface area (Å²) in [5, 5.41) is 2.99. The van der Waals surface area contributed by atoms with E-state index >= 15 is 0 Å². The average molecular weight is 492 g/mol. The van der Waals surface area contributed by atoms with E-state index in [-0.39, 0.29) is 18.6 Å². The number of hydrogen-bond acceptors (Lipinski definition) is 7. The first-order valence-corrected chi connectivity index (χ1v) is 13.9. The van der Waals surface area contributed by atoms with Crippen molar-refractivity contribution in [3.63, 3.8) is 0 Å². The van der Waals surface area contributed by atoms with Crippen LogP contribution < -0.4 is 11.1 Å². The first kappa shape index (κ1) is 23.3. The molecule has 0 spiro atoms. The molecule has 34 heavy (non-hydrogen) atoms. The molecule has 1 fully saturated rings. The number of imidazole rings is 1. The maximum Gasteiger partial charge on any atom is 0.317 e. The van der Waals surface area contributed by atoms with Crippen LogP contribution in [0.3, 0.4) is 0 Å². The number of nitrogen functional groups attached to an aromatic ring is 1. The van der Waals surface area contributed by atoms with Gasteiger partial charge in [0.2, 0.25) is 10.0 Å². The van der Waals surface area contributed by atoms with Gasteiger partial charge in [0, 0.05) is 37.9 Å². The molecule has 0 unspecified atom stereocenters. The summed E-state index contributed by atoms with van der Waals surface area (Å²) in [7, 11) is -3.38. The van der Waals surface area contributed by atoms with Gasteiger partial charge in [-0.1, -0.05) is 0 Å². The molecule has 0 saturated carbocycles. The SMILES string of the molecule is CS(=O)(=O)N1Cc2nc3c(N)nc4c(c3n2[C@@H](CCCNC(=O)N2CCOCC2)C1)CCCC4. The molecular weight excluding hydrogens is 458 g/mol. The van der Waals surface area contributed by atoms with Gasteiger partial charge in [0.1, 0.15) is 11.3 Å². The molecule has 1 atom stereocenters. The average Bonchev–Trinajstić information content (AvgIpc) is 3.22. The molecule has 0 aromatic carbocycles. The van der Waals surface area contributed by atoms with Gasteiger partial charge in [-0.05, 0) is 44.1 Å². The van der Waals surface area contributed by atoms with Crippen molar-refractivity contribution in [2.24, 2.45) is 0 Å². The van der Waals surface area contributed by atoms with E-state index in [4.69, 9.17) is 15.5 Å². The molecular formula is C22H33N7O4S. The number of aromatic nitrogens is 3. The van der Waals surface area contributed by atoms with Crippen LogP contribution in [0.15, 0.2) is 0 Å². The number of ether oxygens (including phenoxy) is 1. The molecule has 3 N–H and O–H groups in total. The number of carbonyl (C=O) groups is 1. The summed E-state index contributed by atoms with van der Waals surface area (Å²) in [6.45, 7) is 3.46. The Morgan fingerprint density at radius 3 is 2.74 bits per heavy atom. The minimum absolute atomic E-state index is 0.0774. The van der Waals surface area contributed by atoms with Crippen LogP contribution in [0.2, 0.25) is 0 Å². The van der Waals surface area contributed by atoms with E-state index in [0.717, 1.165) is 43.3 Å². The smallest absolute Gasteiger partial charge is 0.317 e. The van der Waals surface area contributed by atoms with Crippen LogP contribution in [0.5, 0.6) is 0 Å². The molecule has 0 radical (unpaired) electrons. The Labute approximate surface area is 199 Å². The number of amides is 2. The zero-order chi connectivity index (χ0) is 23.9. The third-order valence-electron chi connectivity index (χ3n) is 7.06. The van der Waals surface area contributed by atoms with Crippen molar-refractivity contribution in [3.8, 4) is 0 Å². The highest BCUT2D eigenvalue weighted by Gasteiger charge is 2.34. The van der Waals surface area contributed by atoms with Gasteiger partial charge in [0.15, 0.2) is 5.82 Å². The molecule has 2 aromatic rings. The van der Waals surface area contributed by atoms with Crippen molar-refractivity contribution < 1.29 is 17.9 Å². The molecule has 186 valence electrons. The van der Waals surface area contributed by atoms with Gasteiger partial charge < -0.3 is 25.3 Å². The number of pyridine rings is 1. The summed E-state index contributed by atoms with van der Waals surface area (Å²) in [5.74, 6) is 1.13. The van der Waals surface area contributed by atoms with E-state index in [0.29, 0.717) is 63.0 Å². The first-order valence-electron chi connectivity index (χ1n) is 12.1. The number of hydrogen-bond donors (Lipinski definition) is 2. The molecule has 1 aliphatic carbocycles. The van der Waals surface area contributed by atoms with Gasteiger partial charge in [0.25, 0.3) is 0 Å². The van der Waals surface area contributed by atoms with Gasteiger partial charge in [-0.3, -0.25) is 0 Å². The van der Waals surface area contributed by atoms with Crippen LogP contribution in [0, 0.1) is 0 Å². The topological polar surface area (TPSA) is 136 Å². The van der Waals surface area contributed by atoms with Gasteiger partial charge in [-0.15, -0.1) is 0 Å². The lowest BCUT2D eigenvalue weighted by Crippen LogP contribution is -2.46. The molecule has 2 aliphatic heterocycles. The number of nitrogens with two attached hydrogens (primary N) is 1. The lowest BCUT2D eigenvalue weighted by atomic mass is 9.94. The van der Waals surface area contributed by atoms with E-state index in [1.54, 1.807) is 4.90 Å². The lowest BCUT2D eigenvalue weighted by molar-refractivity contribution is 0.0532. The van der Waals surface area contributed by atoms with Gasteiger partial charge in [-0.25, -0.2) is 23.2 Å². The van der Waals surface area contributed by atoms with E-state index < -0.39 is 10.0 Å². The van der Waals surface area contributed by atoms with E-state index in [9.17, 15) is 13.2 Å². The van der Waals surface area contributed by atoms with Crippen LogP contribution in [-0.4, -0.2) is 83.8 Å². The Morgan fingerprint density at radius 2 is 1.97 bits per heavy atom. The maximum absolute atomic E-state index is 12.4. The summed E-state index contributed by atoms with van der Waals surface area (Å²) >= 11 is 0. The number of anilines is 1. The highest BCUT2D eigenvalue weighted by atomic mass is 32.2. The predicted octanol–water partition coefficient (Wildman–Crippen LogP) is 1.03. The van der Waals surface area contributed by atoms with E-state index in [1.807, 2.05) is 0 Å². The molecule has 0 bridgehead atoms. The van der Waals surface area contributed by atoms with Gasteiger partial charge in [0.05, 0.1) is 31.5 Å². The maximum atomic E-state index is 12.4. The number of nitrogens with one attached hydrogen (secondary N) is 1. The number of carbonyl (C=O) groups excluding carboxylic acids is 1. The van der Waals surface area contributed by atoms with E-state index in [1.165, 1.54) is 16.1 Å². The largest absolute Gasteiger partial charge is 0.382 e. The summed E-state index contributed by atoms with van der Waals surface area (Å²) in [6, 6.07) is -0.164. The summed E-state index contributed by atoms with van der Waals surface area (Å²) in [4.78, 5) is 23.6. The molecule has 12 heteroatoms. The highest BCUT2D eigenvalue weighted by molar-refractivity contribution is 7.88. The van der Waals surface area contributed by atoms with Crippen LogP contribution in [0.25, 0.3) is 11.0 Å². The Morgan fingerprint density at radius 1 is 1.21 bits per heavy atom. The predicted molar refractivity (Wildman–Crippen MR) is 128 cm³/mol. The second-order valence-corrected chi connectivity index (χ2v) is 11.4. The first-order chi connectivity index (χ1) is 16.3. The Balaban J connectivity index is 1.40. The van der Waals surface area contributed by atoms with Crippen molar-refractivity contribution in [2.45, 2.75) is 51.1 Å². The van der Waals surface area contributed by atoms with Crippen molar-refractivity contribution in [2.75, 3.05) is 51.4 Å². The van der Waals surface area contributed by atoms with Crippen LogP contribution in [0.1, 0.15) is 48.8 Å². The minimum Gasteiger partial charge on any atom is -0.382 e. The zero-order valence-corrected chi connectivity index (χ0v) is 20.4. The third-order valence-corrected chi connectivity index (χ3v) is 8.28. The fourth-order valence-corrected chi connectivity index (χ4v) is 6.13. The normalized spacial score (nSPS) is 21.3. The summed E-state index contributed by atoms with van der Waals surface area (Å²) in [5.41, 5.74) is 10.2. The lowest BCUT2D eigenvalue weighted by Gasteiger charge is -2.34. The van der Waals surface area contributed by atoms with Crippen molar-refractivity contribution in [1.82, 2.24) is 29.1 Å². The molecule has 3 aliphatic rings. The fraction of sp³-hybridized carbons (Fsp3) is 0.682. The number of urea groups is 1. The molecule has 4 heterocycles. The van der Waals surface area contributed by atoms with E-state index in [2.05, 4.69) is 14.9 Å². The fourth-order valence-electron chi connectivity index (χ4n) is 5.34. The molecule has 2 amide bonds. The molecule has 2 aromatic heterocycles. The Bertz CT molecular complexity index is 1190. The highest BCUT2D eigenvalue weighted by Crippen LogP contribution is 2.37. The molecule has 5 rings (SSSR count). The standard InChI is InChI=1S/C22H33N7O4S/c1-34(31,32)28-13-15(5-4-8-24-22(30)27-9-11-33-12-10-27)29-18(14-28)26-19-20(29)16-6-2-3-7-17(16)25-21(19)23/h15H,2-14H2,1H3,(H2,23,25)(H,24,30)/t15-/m0/s1. The van der Waals surface area contributed by atoms with Crippen molar-refractivity contribution in [1.29, 1.82) is 0 Å². The second-order valence-electron chi connectivity index (χ2n) is 9.41. The van der Waals surface area contributed by atoms with Crippen LogP contribution in [-0.2, 0) is 34.1 Å². The number of sulfonamides is 1. The number of morpholine rings is 1. The second kappa shape index (κ2) is 9.31. The number of rotatable bonds is 5.